The van der Waals surface area contributed by atoms with Gasteiger partial charge < -0.3 is 13.7 Å². The molecule has 0 aliphatic carbocycles. The summed E-state index contributed by atoms with van der Waals surface area (Å²) in [6.07, 6.45) is 2.86. The van der Waals surface area contributed by atoms with Gasteiger partial charge in [-0.3, -0.25) is 4.55 Å². The maximum atomic E-state index is 11.5. The van der Waals surface area contributed by atoms with Crippen molar-refractivity contribution in [1.29, 1.82) is 0 Å². The monoisotopic (exact) mass is 370 g/mol. The van der Waals surface area contributed by atoms with Gasteiger partial charge in [-0.15, -0.1) is 0 Å². The highest BCUT2D eigenvalue weighted by atomic mass is 32.3. The molecule has 0 fully saturated rings. The van der Waals surface area contributed by atoms with E-state index in [1.54, 1.807) is 32.0 Å². The van der Waals surface area contributed by atoms with E-state index < -0.39 is 21.0 Å². The third-order valence-corrected chi connectivity index (χ3v) is 5.21. The summed E-state index contributed by atoms with van der Waals surface area (Å²) in [6.45, 7) is 3.43. The third-order valence-electron chi connectivity index (χ3n) is 3.35. The van der Waals surface area contributed by atoms with Crippen molar-refractivity contribution in [2.24, 2.45) is 0 Å². The Morgan fingerprint density at radius 1 is 0.750 bits per heavy atom. The number of hydrogen-bond donors (Lipinski definition) is 4. The molecule has 2 aromatic rings. The van der Waals surface area contributed by atoms with E-state index in [-0.39, 0.29) is 15.4 Å². The van der Waals surface area contributed by atoms with Crippen molar-refractivity contribution in [3.8, 4) is 0 Å². The van der Waals surface area contributed by atoms with E-state index in [4.69, 9.17) is 0 Å². The zero-order valence-electron chi connectivity index (χ0n) is 13.0. The van der Waals surface area contributed by atoms with E-state index in [1.807, 2.05) is 0 Å². The van der Waals surface area contributed by atoms with Crippen LogP contribution in [-0.2, 0) is 10.1 Å². The molecule has 0 unspecified atom stereocenters. The molecular weight excluding hydrogens is 352 g/mol. The molecule has 6 nitrogen and oxygen atoms in total. The van der Waals surface area contributed by atoms with Gasteiger partial charge in [0.05, 0.1) is 4.90 Å². The molecule has 0 amide bonds. The van der Waals surface area contributed by atoms with Gasteiger partial charge in [0, 0.05) is 0 Å². The van der Waals surface area contributed by atoms with Crippen molar-refractivity contribution >= 4 is 33.1 Å². The van der Waals surface area contributed by atoms with Gasteiger partial charge in [0.1, 0.15) is 15.8 Å². The molecule has 0 heterocycles. The molecule has 2 rings (SSSR count). The van der Waals surface area contributed by atoms with Gasteiger partial charge in [-0.1, -0.05) is 36.4 Å². The van der Waals surface area contributed by atoms with Crippen molar-refractivity contribution < 1.29 is 26.6 Å². The summed E-state index contributed by atoms with van der Waals surface area (Å²) in [5.74, 6) is 0. The topological polar surface area (TPSA) is 115 Å². The minimum atomic E-state index is -4.40. The van der Waals surface area contributed by atoms with Crippen LogP contribution in [0.1, 0.15) is 22.3 Å². The van der Waals surface area contributed by atoms with Gasteiger partial charge in [0.25, 0.3) is 10.1 Å². The average molecular weight is 370 g/mol. The normalized spacial score (nSPS) is 13.4. The van der Waals surface area contributed by atoms with E-state index >= 15 is 0 Å². The standard InChI is InChI=1S/C16H18O6S2/c1-11-3-5-13(15(9-11)23(17,18)19)7-8-14-6-4-12(2)10-16(14)24(20,21)22/h3-10,17-19H,1-2H3,(H,20,21,22)/b8-7+. The van der Waals surface area contributed by atoms with Crippen LogP contribution in [0, 0.1) is 13.8 Å². The molecular formula is C16H18O6S2. The van der Waals surface area contributed by atoms with Gasteiger partial charge in [-0.05, 0) is 48.2 Å². The number of aryl methyl sites for hydroxylation is 2. The lowest BCUT2D eigenvalue weighted by atomic mass is 10.1. The number of rotatable bonds is 4. The minimum absolute atomic E-state index is 0.0562. The Kier molecular flexibility index (Phi) is 5.19. The Morgan fingerprint density at radius 2 is 1.17 bits per heavy atom. The predicted octanol–water partition coefficient (Wildman–Crippen LogP) is 4.30. The van der Waals surface area contributed by atoms with Crippen LogP contribution in [0.4, 0.5) is 0 Å². The fourth-order valence-electron chi connectivity index (χ4n) is 2.20. The number of hydrogen-bond acceptors (Lipinski definition) is 5. The van der Waals surface area contributed by atoms with Crippen molar-refractivity contribution in [3.05, 3.63) is 58.7 Å². The Hall–Kier alpha value is -1.68. The summed E-state index contributed by atoms with van der Waals surface area (Å²) < 4.78 is 60.9. The quantitative estimate of drug-likeness (QED) is 0.471. The van der Waals surface area contributed by atoms with E-state index in [9.17, 15) is 26.6 Å². The fourth-order valence-corrected chi connectivity index (χ4v) is 3.76. The summed E-state index contributed by atoms with van der Waals surface area (Å²) in [5.41, 5.74) is 1.96. The summed E-state index contributed by atoms with van der Waals surface area (Å²) >= 11 is 0. The Bertz CT molecular complexity index is 895. The van der Waals surface area contributed by atoms with Crippen LogP contribution in [0.25, 0.3) is 12.2 Å². The van der Waals surface area contributed by atoms with E-state index in [0.717, 1.165) is 5.56 Å². The first kappa shape index (κ1) is 18.7. The Balaban J connectivity index is 2.55. The Labute approximate surface area is 142 Å². The smallest absolute Gasteiger partial charge is 0.295 e. The summed E-state index contributed by atoms with van der Waals surface area (Å²) in [7, 11) is -8.32. The molecule has 0 aliphatic rings. The van der Waals surface area contributed by atoms with Gasteiger partial charge in [-0.2, -0.15) is 8.42 Å². The number of benzene rings is 2. The molecule has 0 bridgehead atoms. The highest BCUT2D eigenvalue weighted by Gasteiger charge is 2.19. The van der Waals surface area contributed by atoms with Crippen LogP contribution in [-0.4, -0.2) is 26.6 Å². The molecule has 0 saturated carbocycles. The van der Waals surface area contributed by atoms with Crippen molar-refractivity contribution in [1.82, 2.24) is 0 Å². The van der Waals surface area contributed by atoms with Crippen molar-refractivity contribution in [2.45, 2.75) is 23.6 Å². The van der Waals surface area contributed by atoms with Gasteiger partial charge in [0.15, 0.2) is 0 Å². The SMILES string of the molecule is Cc1ccc(/C=C/c2ccc(C)cc2S(=O)(=O)O)c(S(O)(O)O)c1. The van der Waals surface area contributed by atoms with Gasteiger partial charge >= 0.3 is 0 Å². The molecule has 0 radical (unpaired) electrons. The summed E-state index contributed by atoms with van der Waals surface area (Å²) in [5, 5.41) is 0. The van der Waals surface area contributed by atoms with Crippen LogP contribution >= 0.6 is 10.9 Å². The molecule has 8 heteroatoms. The predicted molar refractivity (Wildman–Crippen MR) is 94.8 cm³/mol. The first-order valence-electron chi connectivity index (χ1n) is 6.86. The molecule has 2 aromatic carbocycles. The molecule has 0 saturated heterocycles. The summed E-state index contributed by atoms with van der Waals surface area (Å²) in [6, 6.07) is 9.28. The van der Waals surface area contributed by atoms with Crippen LogP contribution in [0.15, 0.2) is 46.2 Å². The van der Waals surface area contributed by atoms with Gasteiger partial charge in [0.2, 0.25) is 0 Å². The van der Waals surface area contributed by atoms with Crippen molar-refractivity contribution in [3.63, 3.8) is 0 Å². The van der Waals surface area contributed by atoms with Crippen LogP contribution in [0.3, 0.4) is 0 Å². The van der Waals surface area contributed by atoms with Gasteiger partial charge in [-0.25, -0.2) is 0 Å². The lowest BCUT2D eigenvalue weighted by molar-refractivity contribution is 0.375. The lowest BCUT2D eigenvalue weighted by Gasteiger charge is -2.21. The molecule has 4 N–H and O–H groups in total. The largest absolute Gasteiger partial charge is 0.304 e. The maximum absolute atomic E-state index is 11.5. The van der Waals surface area contributed by atoms with Crippen LogP contribution in [0.5, 0.6) is 0 Å². The minimum Gasteiger partial charge on any atom is -0.304 e. The highest BCUT2D eigenvalue weighted by molar-refractivity contribution is 8.19. The second-order valence-corrected chi connectivity index (χ2v) is 8.28. The molecule has 0 aliphatic heterocycles. The Morgan fingerprint density at radius 3 is 1.58 bits per heavy atom. The lowest BCUT2D eigenvalue weighted by Crippen LogP contribution is -2.01. The summed E-state index contributed by atoms with van der Waals surface area (Å²) in [4.78, 5) is -0.303. The van der Waals surface area contributed by atoms with Crippen LogP contribution in [0.2, 0.25) is 0 Å². The second kappa shape index (κ2) is 6.67. The van der Waals surface area contributed by atoms with Crippen LogP contribution < -0.4 is 0 Å². The third kappa shape index (κ3) is 4.44. The first-order chi connectivity index (χ1) is 11.0. The van der Waals surface area contributed by atoms with E-state index in [1.165, 1.54) is 30.4 Å². The highest BCUT2D eigenvalue weighted by Crippen LogP contribution is 2.46. The average Bonchev–Trinajstić information content (AvgIpc) is 2.45. The zero-order valence-corrected chi connectivity index (χ0v) is 14.7. The zero-order chi connectivity index (χ0) is 18.1. The van der Waals surface area contributed by atoms with E-state index in [0.29, 0.717) is 11.1 Å². The molecule has 0 spiro atoms. The molecule has 130 valence electrons. The first-order valence-corrected chi connectivity index (χ1v) is 9.80. The van der Waals surface area contributed by atoms with E-state index in [2.05, 4.69) is 0 Å². The fraction of sp³-hybridized carbons (Fsp3) is 0.125. The molecule has 0 aromatic heterocycles. The molecule has 0 atom stereocenters. The van der Waals surface area contributed by atoms with Crippen molar-refractivity contribution in [2.75, 3.05) is 0 Å². The second-order valence-electron chi connectivity index (χ2n) is 5.41. The molecule has 24 heavy (non-hydrogen) atoms. The maximum Gasteiger partial charge on any atom is 0.295 e.